The third kappa shape index (κ3) is 7.06. The molecule has 11 nitrogen and oxygen atoms in total. The van der Waals surface area contributed by atoms with Gasteiger partial charge in [0, 0.05) is 48.8 Å². The maximum atomic E-state index is 13.9. The highest BCUT2D eigenvalue weighted by Gasteiger charge is 2.30. The fourth-order valence-electron chi connectivity index (χ4n) is 6.59. The van der Waals surface area contributed by atoms with Crippen LogP contribution in [0.5, 0.6) is 11.8 Å². The highest BCUT2D eigenvalue weighted by atomic mass is 16.6. The SMILES string of the molecule is COc1cc(C(=O)N2CCC[C@@H](NC(=O)OC(C)(C)C)C2)cc2nc(-c3cc4ccc(OCc5ccccc5)nc4n3CC3CC3)c(C)n12. The van der Waals surface area contributed by atoms with Gasteiger partial charge in [-0.1, -0.05) is 30.3 Å². The molecule has 1 saturated carbocycles. The number of hydrogen-bond acceptors (Lipinski definition) is 7. The first-order chi connectivity index (χ1) is 23.6. The molecule has 0 unspecified atom stereocenters. The van der Waals surface area contributed by atoms with Gasteiger partial charge in [0.15, 0.2) is 5.88 Å². The number of fused-ring (bicyclic) bond motifs is 2. The first-order valence-corrected chi connectivity index (χ1v) is 17.1. The number of carbonyl (C=O) groups is 2. The lowest BCUT2D eigenvalue weighted by molar-refractivity contribution is 0.0452. The van der Waals surface area contributed by atoms with Crippen LogP contribution in [-0.4, -0.2) is 67.7 Å². The van der Waals surface area contributed by atoms with Crippen LogP contribution < -0.4 is 14.8 Å². The largest absolute Gasteiger partial charge is 0.482 e. The Kier molecular flexibility index (Phi) is 8.68. The molecule has 2 fully saturated rings. The zero-order valence-corrected chi connectivity index (χ0v) is 28.9. The number of piperidine rings is 1. The van der Waals surface area contributed by atoms with E-state index >= 15 is 0 Å². The number of ether oxygens (including phenoxy) is 3. The van der Waals surface area contributed by atoms with Gasteiger partial charge in [0.2, 0.25) is 5.88 Å². The predicted molar refractivity (Wildman–Crippen MR) is 187 cm³/mol. The van der Waals surface area contributed by atoms with Crippen molar-refractivity contribution in [2.45, 2.75) is 78.2 Å². The Hall–Kier alpha value is -5.06. The van der Waals surface area contributed by atoms with Gasteiger partial charge >= 0.3 is 6.09 Å². The minimum Gasteiger partial charge on any atom is -0.482 e. The molecule has 0 radical (unpaired) electrons. The van der Waals surface area contributed by atoms with E-state index in [0.29, 0.717) is 48.6 Å². The van der Waals surface area contributed by atoms with Gasteiger partial charge in [-0.3, -0.25) is 9.20 Å². The van der Waals surface area contributed by atoms with Crippen LogP contribution in [0.4, 0.5) is 4.79 Å². The summed E-state index contributed by atoms with van der Waals surface area (Å²) in [5.41, 5.74) is 5.16. The van der Waals surface area contributed by atoms with Crippen LogP contribution in [0.1, 0.15) is 68.1 Å². The van der Waals surface area contributed by atoms with Gasteiger partial charge in [0.1, 0.15) is 29.2 Å². The summed E-state index contributed by atoms with van der Waals surface area (Å²) >= 11 is 0. The van der Waals surface area contributed by atoms with Crippen molar-refractivity contribution in [3.05, 3.63) is 77.5 Å². The van der Waals surface area contributed by atoms with Crippen molar-refractivity contribution < 1.29 is 23.8 Å². The standard InChI is InChI=1S/C38H44N6O5/c1-24-34(30-18-27-15-16-32(48-23-26-10-7-6-8-11-26)41-35(27)43(30)21-25-13-14-25)40-31-19-28(20-33(47-5)44(24)31)36(45)42-17-9-12-29(22-42)39-37(46)49-38(2,3)4/h6-8,10-11,15-16,18-20,25,29H,9,12-14,17,21-23H2,1-5H3,(H,39,46)/t29-/m1/s1. The van der Waals surface area contributed by atoms with Gasteiger partial charge in [-0.15, -0.1) is 0 Å². The molecule has 0 spiro atoms. The van der Waals surface area contributed by atoms with Crippen LogP contribution in [0.2, 0.25) is 0 Å². The van der Waals surface area contributed by atoms with Crippen molar-refractivity contribution in [3.63, 3.8) is 0 Å². The normalized spacial score (nSPS) is 16.6. The summed E-state index contributed by atoms with van der Waals surface area (Å²) in [4.78, 5) is 38.1. The van der Waals surface area contributed by atoms with Gasteiger partial charge in [-0.05, 0) is 83.1 Å². The van der Waals surface area contributed by atoms with Crippen molar-refractivity contribution >= 4 is 28.7 Å². The maximum Gasteiger partial charge on any atom is 0.407 e. The number of rotatable bonds is 9. The molecule has 0 bridgehead atoms. The van der Waals surface area contributed by atoms with E-state index in [1.807, 2.05) is 74.6 Å². The van der Waals surface area contributed by atoms with Gasteiger partial charge in [0.05, 0.1) is 18.5 Å². The fourth-order valence-corrected chi connectivity index (χ4v) is 6.59. The molecule has 1 N–H and O–H groups in total. The summed E-state index contributed by atoms with van der Waals surface area (Å²) < 4.78 is 21.6. The van der Waals surface area contributed by atoms with Gasteiger partial charge in [0.25, 0.3) is 5.91 Å². The molecule has 5 heterocycles. The van der Waals surface area contributed by atoms with E-state index in [-0.39, 0.29) is 11.9 Å². The molecular formula is C38H44N6O5. The lowest BCUT2D eigenvalue weighted by Crippen LogP contribution is -2.50. The second-order valence-corrected chi connectivity index (χ2v) is 14.2. The minimum absolute atomic E-state index is 0.131. The van der Waals surface area contributed by atoms with E-state index in [0.717, 1.165) is 53.1 Å². The number of alkyl carbamates (subject to hydrolysis) is 1. The van der Waals surface area contributed by atoms with Gasteiger partial charge in [-0.25, -0.2) is 9.78 Å². The number of pyridine rings is 2. The summed E-state index contributed by atoms with van der Waals surface area (Å²) in [7, 11) is 1.61. The Morgan fingerprint density at radius 1 is 1.00 bits per heavy atom. The average molecular weight is 665 g/mol. The fraction of sp³-hybridized carbons (Fsp3) is 0.421. The second kappa shape index (κ2) is 13.1. The Balaban J connectivity index is 1.19. The number of aromatic nitrogens is 4. The lowest BCUT2D eigenvalue weighted by atomic mass is 10.0. The molecule has 2 amide bonds. The number of nitrogens with one attached hydrogen (secondary N) is 1. The van der Waals surface area contributed by atoms with Crippen molar-refractivity contribution in [3.8, 4) is 23.1 Å². The van der Waals surface area contributed by atoms with E-state index in [4.69, 9.17) is 24.2 Å². The molecule has 5 aromatic rings. The molecule has 1 aliphatic heterocycles. The van der Waals surface area contributed by atoms with Crippen LogP contribution in [0.15, 0.2) is 60.7 Å². The molecule has 2 aliphatic rings. The number of likely N-dealkylation sites (tertiary alicyclic amines) is 1. The van der Waals surface area contributed by atoms with Crippen LogP contribution >= 0.6 is 0 Å². The molecule has 256 valence electrons. The summed E-state index contributed by atoms with van der Waals surface area (Å²) in [5, 5.41) is 3.95. The molecule has 1 saturated heterocycles. The van der Waals surface area contributed by atoms with Crippen LogP contribution in [-0.2, 0) is 17.9 Å². The summed E-state index contributed by atoms with van der Waals surface area (Å²) in [6, 6.07) is 19.6. The molecule has 1 atom stereocenters. The molecule has 4 aromatic heterocycles. The topological polar surface area (TPSA) is 112 Å². The second-order valence-electron chi connectivity index (χ2n) is 14.2. The Labute approximate surface area is 286 Å². The Morgan fingerprint density at radius 2 is 1.80 bits per heavy atom. The third-order valence-electron chi connectivity index (χ3n) is 9.13. The summed E-state index contributed by atoms with van der Waals surface area (Å²) in [6.45, 7) is 9.81. The van der Waals surface area contributed by atoms with E-state index in [1.54, 1.807) is 18.1 Å². The van der Waals surface area contributed by atoms with E-state index in [2.05, 4.69) is 22.0 Å². The zero-order valence-electron chi connectivity index (χ0n) is 28.9. The Morgan fingerprint density at radius 3 is 2.53 bits per heavy atom. The van der Waals surface area contributed by atoms with Crippen LogP contribution in [0.25, 0.3) is 28.1 Å². The predicted octanol–water partition coefficient (Wildman–Crippen LogP) is 6.79. The number of aryl methyl sites for hydroxylation is 1. The third-order valence-corrected chi connectivity index (χ3v) is 9.13. The maximum absolute atomic E-state index is 13.9. The van der Waals surface area contributed by atoms with Crippen molar-refractivity contribution in [2.24, 2.45) is 5.92 Å². The van der Waals surface area contributed by atoms with Gasteiger partial charge in [-0.2, -0.15) is 4.98 Å². The number of nitrogens with zero attached hydrogens (tertiary/aromatic N) is 5. The molecule has 11 heteroatoms. The molecule has 1 aliphatic carbocycles. The lowest BCUT2D eigenvalue weighted by Gasteiger charge is -2.33. The molecule has 7 rings (SSSR count). The van der Waals surface area contributed by atoms with E-state index in [1.165, 1.54) is 12.8 Å². The average Bonchev–Trinajstić information content (AvgIpc) is 3.75. The zero-order chi connectivity index (χ0) is 34.3. The van der Waals surface area contributed by atoms with Crippen molar-refractivity contribution in [2.75, 3.05) is 20.2 Å². The molecule has 49 heavy (non-hydrogen) atoms. The summed E-state index contributed by atoms with van der Waals surface area (Å²) in [6.07, 6.45) is 3.46. The molecular weight excluding hydrogens is 620 g/mol. The first-order valence-electron chi connectivity index (χ1n) is 17.1. The minimum atomic E-state index is -0.593. The first kappa shape index (κ1) is 32.5. The summed E-state index contributed by atoms with van der Waals surface area (Å²) in [5.74, 6) is 1.57. The van der Waals surface area contributed by atoms with E-state index < -0.39 is 11.7 Å². The van der Waals surface area contributed by atoms with Crippen molar-refractivity contribution in [1.82, 2.24) is 29.2 Å². The number of carbonyl (C=O) groups excluding carboxylic acids is 2. The van der Waals surface area contributed by atoms with Crippen molar-refractivity contribution in [1.29, 1.82) is 0 Å². The molecule has 1 aromatic carbocycles. The number of hydrogen-bond donors (Lipinski definition) is 1. The number of imidazole rings is 1. The quantitative estimate of drug-likeness (QED) is 0.185. The smallest absolute Gasteiger partial charge is 0.407 e. The van der Waals surface area contributed by atoms with Crippen LogP contribution in [0.3, 0.4) is 0 Å². The van der Waals surface area contributed by atoms with Gasteiger partial charge < -0.3 is 29.0 Å². The highest BCUT2D eigenvalue weighted by molar-refractivity contribution is 5.96. The van der Waals surface area contributed by atoms with Crippen LogP contribution in [0, 0.1) is 12.8 Å². The van der Waals surface area contributed by atoms with E-state index in [9.17, 15) is 9.59 Å². The number of amides is 2. The number of methoxy groups -OCH3 is 1. The highest BCUT2D eigenvalue weighted by Crippen LogP contribution is 2.37. The monoisotopic (exact) mass is 664 g/mol. The Bertz CT molecular complexity index is 2010. The number of benzene rings is 1.